The van der Waals surface area contributed by atoms with Gasteiger partial charge in [0.2, 0.25) is 5.91 Å². The molecule has 3 N–H and O–H groups in total. The van der Waals surface area contributed by atoms with Crippen LogP contribution >= 0.6 is 0 Å². The number of carbonyl (C=O) groups is 2. The first-order valence-corrected chi connectivity index (χ1v) is 7.12. The molecule has 0 heterocycles. The molecule has 0 radical (unpaired) electrons. The number of nitrogens with two attached hydrogens (primary N) is 1. The van der Waals surface area contributed by atoms with Gasteiger partial charge in [0.15, 0.2) is 0 Å². The zero-order valence-electron chi connectivity index (χ0n) is 12.8. The number of nitrogens with one attached hydrogen (secondary N) is 1. The Morgan fingerprint density at radius 2 is 1.86 bits per heavy atom. The molecule has 1 aromatic rings. The largest absolute Gasteiger partial charge is 0.467 e. The summed E-state index contributed by atoms with van der Waals surface area (Å²) in [6.07, 6.45) is 0.532. The molecule has 0 aliphatic heterocycles. The molecule has 0 saturated carbocycles. The molecule has 0 spiro atoms. The van der Waals surface area contributed by atoms with E-state index < -0.39 is 17.9 Å². The van der Waals surface area contributed by atoms with Crippen LogP contribution in [0.5, 0.6) is 0 Å². The highest BCUT2D eigenvalue weighted by Gasteiger charge is 2.26. The van der Waals surface area contributed by atoms with Crippen molar-refractivity contribution in [2.75, 3.05) is 13.7 Å². The van der Waals surface area contributed by atoms with Crippen LogP contribution in [0.15, 0.2) is 30.3 Å². The van der Waals surface area contributed by atoms with Crippen molar-refractivity contribution in [3.63, 3.8) is 0 Å². The predicted molar refractivity (Wildman–Crippen MR) is 81.6 cm³/mol. The van der Waals surface area contributed by atoms with E-state index in [2.05, 4.69) is 5.32 Å². The Balaban J connectivity index is 2.81. The molecule has 1 amide bonds. The maximum absolute atomic E-state index is 12.4. The number of hydrogen-bond acceptors (Lipinski definition) is 4. The average molecular weight is 292 g/mol. The van der Waals surface area contributed by atoms with Crippen molar-refractivity contribution in [3.8, 4) is 0 Å². The number of amides is 1. The number of carbonyl (C=O) groups excluding carboxylic acids is 2. The standard InChI is InChI=1S/C16H24N2O3/c1-11(2)9-14(16(20)21-3)18-15(19)13(10-17)12-7-5-4-6-8-12/h4-8,11,13-14H,9-10,17H2,1-3H3,(H,18,19). The molecule has 2 atom stereocenters. The maximum atomic E-state index is 12.4. The summed E-state index contributed by atoms with van der Waals surface area (Å²) in [7, 11) is 1.32. The number of esters is 1. The van der Waals surface area contributed by atoms with Crippen LogP contribution < -0.4 is 11.1 Å². The van der Waals surface area contributed by atoms with Crippen LogP contribution in [0.2, 0.25) is 0 Å². The van der Waals surface area contributed by atoms with Crippen molar-refractivity contribution in [1.29, 1.82) is 0 Å². The highest BCUT2D eigenvalue weighted by Crippen LogP contribution is 2.15. The Labute approximate surface area is 125 Å². The molecule has 21 heavy (non-hydrogen) atoms. The maximum Gasteiger partial charge on any atom is 0.328 e. The number of methoxy groups -OCH3 is 1. The second kappa shape index (κ2) is 8.42. The van der Waals surface area contributed by atoms with E-state index in [9.17, 15) is 9.59 Å². The summed E-state index contributed by atoms with van der Waals surface area (Å²) in [6, 6.07) is 8.67. The first-order valence-electron chi connectivity index (χ1n) is 7.12. The van der Waals surface area contributed by atoms with Crippen molar-refractivity contribution in [1.82, 2.24) is 5.32 Å². The number of rotatable bonds is 7. The van der Waals surface area contributed by atoms with Crippen LogP contribution in [0.25, 0.3) is 0 Å². The number of hydrogen-bond donors (Lipinski definition) is 2. The molecular weight excluding hydrogens is 268 g/mol. The molecule has 0 saturated heterocycles. The Kier molecular flexibility index (Phi) is 6.88. The van der Waals surface area contributed by atoms with E-state index in [1.54, 1.807) is 0 Å². The number of ether oxygens (including phenoxy) is 1. The van der Waals surface area contributed by atoms with Gasteiger partial charge < -0.3 is 15.8 Å². The Bertz CT molecular complexity index is 460. The fraction of sp³-hybridized carbons (Fsp3) is 0.500. The van der Waals surface area contributed by atoms with E-state index in [1.807, 2.05) is 44.2 Å². The zero-order chi connectivity index (χ0) is 15.8. The van der Waals surface area contributed by atoms with Gasteiger partial charge in [-0.1, -0.05) is 44.2 Å². The smallest absolute Gasteiger partial charge is 0.328 e. The van der Waals surface area contributed by atoms with Gasteiger partial charge in [0.25, 0.3) is 0 Å². The highest BCUT2D eigenvalue weighted by molar-refractivity contribution is 5.88. The third-order valence-electron chi connectivity index (χ3n) is 3.26. The molecule has 0 bridgehead atoms. The molecule has 116 valence electrons. The van der Waals surface area contributed by atoms with Crippen molar-refractivity contribution in [3.05, 3.63) is 35.9 Å². The zero-order valence-corrected chi connectivity index (χ0v) is 12.8. The summed E-state index contributed by atoms with van der Waals surface area (Å²) in [6.45, 7) is 4.16. The predicted octanol–water partition coefficient (Wildman–Crippen LogP) is 1.43. The van der Waals surface area contributed by atoms with Crippen molar-refractivity contribution < 1.29 is 14.3 Å². The highest BCUT2D eigenvalue weighted by atomic mass is 16.5. The van der Waals surface area contributed by atoms with Crippen molar-refractivity contribution >= 4 is 11.9 Å². The van der Waals surface area contributed by atoms with Gasteiger partial charge in [0.05, 0.1) is 13.0 Å². The van der Waals surface area contributed by atoms with E-state index in [4.69, 9.17) is 10.5 Å². The first kappa shape index (κ1) is 17.2. The van der Waals surface area contributed by atoms with Crippen LogP contribution in [0.3, 0.4) is 0 Å². The van der Waals surface area contributed by atoms with Crippen LogP contribution in [0.4, 0.5) is 0 Å². The second-order valence-electron chi connectivity index (χ2n) is 5.41. The lowest BCUT2D eigenvalue weighted by Gasteiger charge is -2.22. The summed E-state index contributed by atoms with van der Waals surface area (Å²) in [5, 5.41) is 2.76. The minimum Gasteiger partial charge on any atom is -0.467 e. The SMILES string of the molecule is COC(=O)C(CC(C)C)NC(=O)C(CN)c1ccccc1. The van der Waals surface area contributed by atoms with Gasteiger partial charge in [-0.25, -0.2) is 4.79 Å². The third kappa shape index (κ3) is 5.19. The second-order valence-corrected chi connectivity index (χ2v) is 5.41. The van der Waals surface area contributed by atoms with E-state index in [0.717, 1.165) is 5.56 Å². The quantitative estimate of drug-likeness (QED) is 0.745. The third-order valence-corrected chi connectivity index (χ3v) is 3.26. The topological polar surface area (TPSA) is 81.4 Å². The summed E-state index contributed by atoms with van der Waals surface area (Å²) in [5.74, 6) is -0.881. The van der Waals surface area contributed by atoms with Crippen LogP contribution in [-0.4, -0.2) is 31.6 Å². The van der Waals surface area contributed by atoms with Crippen molar-refractivity contribution in [2.45, 2.75) is 32.2 Å². The fourth-order valence-electron chi connectivity index (χ4n) is 2.18. The van der Waals surface area contributed by atoms with Gasteiger partial charge in [-0.2, -0.15) is 0 Å². The summed E-state index contributed by atoms with van der Waals surface area (Å²) < 4.78 is 4.75. The van der Waals surface area contributed by atoms with Crippen LogP contribution in [-0.2, 0) is 14.3 Å². The van der Waals surface area contributed by atoms with Gasteiger partial charge in [-0.15, -0.1) is 0 Å². The average Bonchev–Trinajstić information content (AvgIpc) is 2.47. The minimum absolute atomic E-state index is 0.186. The molecule has 1 aromatic carbocycles. The van der Waals surface area contributed by atoms with E-state index in [-0.39, 0.29) is 18.4 Å². The van der Waals surface area contributed by atoms with Gasteiger partial charge >= 0.3 is 5.97 Å². The lowest BCUT2D eigenvalue weighted by Crippen LogP contribution is -2.45. The van der Waals surface area contributed by atoms with E-state index >= 15 is 0 Å². The lowest BCUT2D eigenvalue weighted by molar-refractivity contribution is -0.145. The van der Waals surface area contributed by atoms with Crippen LogP contribution in [0, 0.1) is 5.92 Å². The minimum atomic E-state index is -0.639. The molecule has 2 unspecified atom stereocenters. The molecule has 0 fully saturated rings. The summed E-state index contributed by atoms with van der Waals surface area (Å²) in [5.41, 5.74) is 6.55. The van der Waals surface area contributed by atoms with E-state index in [1.165, 1.54) is 7.11 Å². The van der Waals surface area contributed by atoms with Gasteiger partial charge in [-0.05, 0) is 17.9 Å². The fourth-order valence-corrected chi connectivity index (χ4v) is 2.18. The molecular formula is C16H24N2O3. The molecule has 0 aliphatic carbocycles. The van der Waals surface area contributed by atoms with Gasteiger partial charge in [0, 0.05) is 6.54 Å². The Morgan fingerprint density at radius 3 is 2.33 bits per heavy atom. The summed E-state index contributed by atoms with van der Waals surface area (Å²) >= 11 is 0. The first-order chi connectivity index (χ1) is 9.99. The normalized spacial score (nSPS) is 13.6. The Hall–Kier alpha value is -1.88. The Morgan fingerprint density at radius 1 is 1.24 bits per heavy atom. The van der Waals surface area contributed by atoms with Gasteiger partial charge in [0.1, 0.15) is 6.04 Å². The van der Waals surface area contributed by atoms with Crippen LogP contribution in [0.1, 0.15) is 31.7 Å². The molecule has 5 heteroatoms. The molecule has 0 aliphatic rings. The molecule has 0 aromatic heterocycles. The molecule has 1 rings (SSSR count). The summed E-state index contributed by atoms with van der Waals surface area (Å²) in [4.78, 5) is 24.2. The van der Waals surface area contributed by atoms with Crippen molar-refractivity contribution in [2.24, 2.45) is 11.7 Å². The monoisotopic (exact) mass is 292 g/mol. The number of benzene rings is 1. The van der Waals surface area contributed by atoms with E-state index in [0.29, 0.717) is 6.42 Å². The lowest BCUT2D eigenvalue weighted by atomic mass is 9.97. The molecule has 5 nitrogen and oxygen atoms in total. The van der Waals surface area contributed by atoms with Gasteiger partial charge in [-0.3, -0.25) is 4.79 Å².